The molecule has 588 valence electrons. The normalized spacial score (nSPS) is 14.5. The number of aliphatic hydroxyl groups is 1. The highest BCUT2D eigenvalue weighted by Crippen LogP contribution is 2.45. The second-order valence-electron chi connectivity index (χ2n) is 26.6. The van der Waals surface area contributed by atoms with E-state index in [1.807, 2.05) is 0 Å². The minimum absolute atomic E-state index is 0.0742. The fourth-order valence-electron chi connectivity index (χ4n) is 10.6. The molecular formula is C83H144O17P2. The van der Waals surface area contributed by atoms with Gasteiger partial charge in [-0.1, -0.05) is 272 Å². The van der Waals surface area contributed by atoms with E-state index in [1.54, 1.807) is 0 Å². The van der Waals surface area contributed by atoms with Crippen molar-refractivity contribution in [2.75, 3.05) is 39.6 Å². The maximum atomic E-state index is 13.1. The molecule has 0 radical (unpaired) electrons. The van der Waals surface area contributed by atoms with Crippen LogP contribution >= 0.6 is 15.6 Å². The van der Waals surface area contributed by atoms with Crippen molar-refractivity contribution in [3.8, 4) is 0 Å². The summed E-state index contributed by atoms with van der Waals surface area (Å²) in [5.41, 5.74) is 0. The Balaban J connectivity index is 5.37. The molecule has 0 aliphatic rings. The van der Waals surface area contributed by atoms with Gasteiger partial charge in [0.25, 0.3) is 0 Å². The van der Waals surface area contributed by atoms with Gasteiger partial charge in [-0.3, -0.25) is 37.3 Å². The van der Waals surface area contributed by atoms with E-state index in [1.165, 1.54) is 57.8 Å². The number of ether oxygens (including phenoxy) is 4. The van der Waals surface area contributed by atoms with Crippen LogP contribution < -0.4 is 0 Å². The molecule has 102 heavy (non-hydrogen) atoms. The number of aliphatic hydroxyl groups excluding tert-OH is 1. The molecule has 0 amide bonds. The van der Waals surface area contributed by atoms with Crippen molar-refractivity contribution < 1.29 is 80.2 Å². The number of carbonyl (C=O) groups excluding carboxylic acids is 4. The first-order valence-electron chi connectivity index (χ1n) is 40.1. The SMILES string of the molecule is CC/C=C\C/C=C\C/C=C\C/C=C\CCCCCCCCC(=O)OCC(COP(=O)(O)OCC(O)COP(=O)(O)OCC(COC(=O)CCCCCCC/C=C\CCCCCCCC)OC(=O)CCCCCCC/C=C\C/C=C\CCC)OC(=O)CCCCCCC/C=C\C/C=C\CCCCC. The number of hydrogen-bond acceptors (Lipinski definition) is 15. The quantitative estimate of drug-likeness (QED) is 0.0169. The first-order valence-corrected chi connectivity index (χ1v) is 43.1. The lowest BCUT2D eigenvalue weighted by molar-refractivity contribution is -0.161. The molecule has 0 rings (SSSR count). The van der Waals surface area contributed by atoms with Gasteiger partial charge >= 0.3 is 39.5 Å². The van der Waals surface area contributed by atoms with Crippen molar-refractivity contribution in [1.82, 2.24) is 0 Å². The second-order valence-corrected chi connectivity index (χ2v) is 29.5. The Morgan fingerprint density at radius 3 is 0.853 bits per heavy atom. The molecular weight excluding hydrogens is 1330 g/mol. The van der Waals surface area contributed by atoms with Crippen LogP contribution in [0.2, 0.25) is 0 Å². The first-order chi connectivity index (χ1) is 49.7. The zero-order valence-corrected chi connectivity index (χ0v) is 66.0. The summed E-state index contributed by atoms with van der Waals surface area (Å²) in [4.78, 5) is 73.0. The minimum Gasteiger partial charge on any atom is -0.462 e. The molecule has 0 spiro atoms. The van der Waals surface area contributed by atoms with Crippen molar-refractivity contribution >= 4 is 39.5 Å². The van der Waals surface area contributed by atoms with Crippen LogP contribution in [-0.2, 0) is 65.4 Å². The van der Waals surface area contributed by atoms with Gasteiger partial charge in [0.1, 0.15) is 19.3 Å². The third kappa shape index (κ3) is 74.0. The molecule has 0 aliphatic carbocycles. The van der Waals surface area contributed by atoms with Crippen molar-refractivity contribution in [2.45, 2.75) is 354 Å². The molecule has 5 atom stereocenters. The zero-order valence-electron chi connectivity index (χ0n) is 64.3. The highest BCUT2D eigenvalue weighted by Gasteiger charge is 2.30. The summed E-state index contributed by atoms with van der Waals surface area (Å²) in [5.74, 6) is -2.22. The summed E-state index contributed by atoms with van der Waals surface area (Å²) in [5, 5.41) is 10.6. The van der Waals surface area contributed by atoms with E-state index in [0.29, 0.717) is 25.7 Å². The lowest BCUT2D eigenvalue weighted by Crippen LogP contribution is -2.30. The molecule has 0 saturated heterocycles. The molecule has 0 aromatic heterocycles. The lowest BCUT2D eigenvalue weighted by atomic mass is 10.1. The van der Waals surface area contributed by atoms with Gasteiger partial charge < -0.3 is 33.8 Å². The summed E-state index contributed by atoms with van der Waals surface area (Å²) in [6, 6.07) is 0. The number of hydrogen-bond donors (Lipinski definition) is 3. The Morgan fingerprint density at radius 2 is 0.529 bits per heavy atom. The van der Waals surface area contributed by atoms with Crippen LogP contribution in [0.15, 0.2) is 109 Å². The Kier molecular flexibility index (Phi) is 71.8. The van der Waals surface area contributed by atoms with E-state index in [4.69, 9.17) is 37.0 Å². The predicted molar refractivity (Wildman–Crippen MR) is 418 cm³/mol. The van der Waals surface area contributed by atoms with Crippen LogP contribution in [0.25, 0.3) is 0 Å². The van der Waals surface area contributed by atoms with Gasteiger partial charge in [0.15, 0.2) is 12.2 Å². The monoisotopic (exact) mass is 1470 g/mol. The maximum Gasteiger partial charge on any atom is 0.472 e. The van der Waals surface area contributed by atoms with Gasteiger partial charge in [0.05, 0.1) is 26.4 Å². The number of carbonyl (C=O) groups is 4. The standard InChI is InChI=1S/C83H144O17P2/c1-5-9-13-17-21-25-29-33-36-37-38-39-42-45-48-52-56-60-64-68-81(86)94-74-79(100-83(88)70-66-62-58-54-50-46-41-35-31-27-23-19-15-11-7-3)76-98-102(91,92)96-72-77(84)71-95-101(89,90)97-75-78(99-82(87)69-65-61-57-53-49-43-32-28-24-20-16-12-8-4)73-93-80(85)67-63-59-55-51-47-44-40-34-30-26-22-18-14-10-6-2/h9,13,16,20-21,23,25,27-28,32-36,38-41,77-79,84H,5-8,10-12,14-15,17-19,22,24,26,29-31,37,42-76H2,1-4H3,(H,89,90)(H,91,92)/b13-9-,20-16-,25-21-,27-23-,32-28-,36-33-,39-38-,40-34-,41-35-. The largest absolute Gasteiger partial charge is 0.472 e. The van der Waals surface area contributed by atoms with Crippen LogP contribution in [0.4, 0.5) is 0 Å². The fourth-order valence-corrected chi connectivity index (χ4v) is 12.1. The molecule has 19 heteroatoms. The molecule has 0 aromatic rings. The van der Waals surface area contributed by atoms with Crippen molar-refractivity contribution in [1.29, 1.82) is 0 Å². The van der Waals surface area contributed by atoms with E-state index in [2.05, 4.69) is 137 Å². The van der Waals surface area contributed by atoms with Crippen molar-refractivity contribution in [3.05, 3.63) is 109 Å². The molecule has 5 unspecified atom stereocenters. The number of allylic oxidation sites excluding steroid dienone is 18. The van der Waals surface area contributed by atoms with E-state index in [9.17, 15) is 43.2 Å². The van der Waals surface area contributed by atoms with Gasteiger partial charge in [0, 0.05) is 25.7 Å². The molecule has 0 aliphatic heterocycles. The smallest absolute Gasteiger partial charge is 0.462 e. The highest BCUT2D eigenvalue weighted by molar-refractivity contribution is 7.47. The number of phosphoric ester groups is 2. The predicted octanol–water partition coefficient (Wildman–Crippen LogP) is 23.3. The molecule has 0 heterocycles. The fraction of sp³-hybridized carbons (Fsp3) is 0.735. The van der Waals surface area contributed by atoms with Gasteiger partial charge in [-0.15, -0.1) is 0 Å². The summed E-state index contributed by atoms with van der Waals surface area (Å²) in [6.45, 7) is 4.64. The van der Waals surface area contributed by atoms with Crippen LogP contribution in [0, 0.1) is 0 Å². The van der Waals surface area contributed by atoms with E-state index >= 15 is 0 Å². The summed E-state index contributed by atoms with van der Waals surface area (Å²) in [7, 11) is -9.97. The lowest BCUT2D eigenvalue weighted by Gasteiger charge is -2.21. The molecule has 0 aromatic carbocycles. The van der Waals surface area contributed by atoms with Gasteiger partial charge in [-0.25, -0.2) is 9.13 Å². The average molecular weight is 1480 g/mol. The summed E-state index contributed by atoms with van der Waals surface area (Å²) >= 11 is 0. The third-order valence-corrected chi connectivity index (χ3v) is 18.6. The van der Waals surface area contributed by atoms with E-state index in [0.717, 1.165) is 199 Å². The van der Waals surface area contributed by atoms with Gasteiger partial charge in [-0.05, 0) is 148 Å². The number of phosphoric acid groups is 2. The average Bonchev–Trinajstić information content (AvgIpc) is 0.924. The number of esters is 4. The second kappa shape index (κ2) is 75.0. The Labute approximate surface area is 619 Å². The molecule has 0 fully saturated rings. The Hall–Kier alpha value is -4.28. The summed E-state index contributed by atoms with van der Waals surface area (Å²) < 4.78 is 68.6. The highest BCUT2D eigenvalue weighted by atomic mass is 31.2. The van der Waals surface area contributed by atoms with Crippen LogP contribution in [0.1, 0.15) is 336 Å². The molecule has 3 N–H and O–H groups in total. The van der Waals surface area contributed by atoms with Crippen molar-refractivity contribution in [2.24, 2.45) is 0 Å². The van der Waals surface area contributed by atoms with E-state index in [-0.39, 0.29) is 25.7 Å². The van der Waals surface area contributed by atoms with Crippen LogP contribution in [0.3, 0.4) is 0 Å². The maximum absolute atomic E-state index is 13.1. The number of rotatable bonds is 75. The molecule has 0 bridgehead atoms. The Morgan fingerprint density at radius 1 is 0.284 bits per heavy atom. The van der Waals surface area contributed by atoms with Gasteiger partial charge in [0.2, 0.25) is 0 Å². The third-order valence-electron chi connectivity index (χ3n) is 16.7. The van der Waals surface area contributed by atoms with Crippen molar-refractivity contribution in [3.63, 3.8) is 0 Å². The summed E-state index contributed by atoms with van der Waals surface area (Å²) in [6.07, 6.45) is 80.6. The molecule has 17 nitrogen and oxygen atoms in total. The topological polar surface area (TPSA) is 237 Å². The van der Waals surface area contributed by atoms with Crippen LogP contribution in [0.5, 0.6) is 0 Å². The Bertz CT molecular complexity index is 2360. The number of unbranched alkanes of at least 4 members (excludes halogenated alkanes) is 31. The zero-order chi connectivity index (χ0) is 74.6. The molecule has 0 saturated carbocycles. The van der Waals surface area contributed by atoms with Crippen LogP contribution in [-0.4, -0.2) is 96.7 Å². The first kappa shape index (κ1) is 97.7. The minimum atomic E-state index is -4.99. The van der Waals surface area contributed by atoms with Gasteiger partial charge in [-0.2, -0.15) is 0 Å². The van der Waals surface area contributed by atoms with E-state index < -0.39 is 97.5 Å².